The van der Waals surface area contributed by atoms with Crippen molar-refractivity contribution in [2.24, 2.45) is 0 Å². The first-order chi connectivity index (χ1) is 32.9. The van der Waals surface area contributed by atoms with Crippen LogP contribution in [0.2, 0.25) is 0 Å². The molecule has 7 heteroatoms. The molecule has 11 aromatic rings. The second kappa shape index (κ2) is 17.4. The van der Waals surface area contributed by atoms with Gasteiger partial charge in [0.05, 0.1) is 33.6 Å². The van der Waals surface area contributed by atoms with Crippen molar-refractivity contribution in [1.82, 2.24) is 24.5 Å². The first kappa shape index (κ1) is 41.1. The zero-order chi connectivity index (χ0) is 45.4. The molecule has 0 N–H and O–H groups in total. The molecule has 0 radical (unpaired) electrons. The summed E-state index contributed by atoms with van der Waals surface area (Å²) >= 11 is 0. The third kappa shape index (κ3) is 7.87. The first-order valence-corrected chi connectivity index (χ1v) is 22.6. The van der Waals surface area contributed by atoms with Gasteiger partial charge in [-0.2, -0.15) is 0 Å². The Kier molecular flexibility index (Phi) is 10.6. The molecule has 7 nitrogen and oxygen atoms in total. The predicted molar refractivity (Wildman–Crippen MR) is 277 cm³/mol. The normalized spacial score (nSPS) is 11.3. The third-order valence-corrected chi connectivity index (χ3v) is 12.3. The van der Waals surface area contributed by atoms with Gasteiger partial charge in [-0.1, -0.05) is 150 Å². The van der Waals surface area contributed by atoms with Crippen molar-refractivity contribution in [2.45, 2.75) is 27.7 Å². The molecule has 0 aliphatic heterocycles. The van der Waals surface area contributed by atoms with Crippen molar-refractivity contribution < 1.29 is 0 Å². The number of benzene rings is 8. The van der Waals surface area contributed by atoms with E-state index in [2.05, 4.69) is 206 Å². The Hall–Kier alpha value is -8.68. The summed E-state index contributed by atoms with van der Waals surface area (Å²) in [6.07, 6.45) is 1.88. The summed E-state index contributed by atoms with van der Waals surface area (Å²) in [5.41, 5.74) is 17.0. The number of hydrogen-bond acceptors (Lipinski definition) is 6. The van der Waals surface area contributed by atoms with E-state index in [1.807, 2.05) is 48.7 Å². The summed E-state index contributed by atoms with van der Waals surface area (Å²) in [4.78, 5) is 25.6. The van der Waals surface area contributed by atoms with E-state index < -0.39 is 0 Å². The molecule has 3 aromatic heterocycles. The lowest BCUT2D eigenvalue weighted by Gasteiger charge is -2.34. The van der Waals surface area contributed by atoms with Gasteiger partial charge < -0.3 is 14.4 Å². The fourth-order valence-electron chi connectivity index (χ4n) is 8.90. The van der Waals surface area contributed by atoms with Crippen LogP contribution in [0.15, 0.2) is 212 Å². The molecule has 0 fully saturated rings. The molecule has 0 saturated heterocycles. The summed E-state index contributed by atoms with van der Waals surface area (Å²) in [5.74, 6) is 1.73. The van der Waals surface area contributed by atoms with Crippen LogP contribution in [-0.2, 0) is 0 Å². The monoisotopic (exact) mass is 865 g/mol. The lowest BCUT2D eigenvalue weighted by Crippen LogP contribution is -2.18. The zero-order valence-electron chi connectivity index (χ0n) is 37.8. The average molecular weight is 866 g/mol. The van der Waals surface area contributed by atoms with Crippen molar-refractivity contribution in [3.63, 3.8) is 0 Å². The molecule has 0 unspecified atom stereocenters. The molecule has 8 aromatic carbocycles. The quantitative estimate of drug-likeness (QED) is 0.136. The zero-order valence-corrected chi connectivity index (χ0v) is 37.8. The van der Waals surface area contributed by atoms with Crippen LogP contribution in [0.4, 0.5) is 34.1 Å². The lowest BCUT2D eigenvalue weighted by molar-refractivity contribution is 1.07. The Balaban J connectivity index is 1.34. The summed E-state index contributed by atoms with van der Waals surface area (Å²) in [6, 6.07) is 72.8. The van der Waals surface area contributed by atoms with Gasteiger partial charge >= 0.3 is 0 Å². The van der Waals surface area contributed by atoms with Gasteiger partial charge in [-0.25, -0.2) is 15.0 Å². The van der Waals surface area contributed by atoms with Crippen LogP contribution in [0.1, 0.15) is 22.3 Å². The maximum absolute atomic E-state index is 5.35. The summed E-state index contributed by atoms with van der Waals surface area (Å²) < 4.78 is 2.40. The van der Waals surface area contributed by atoms with Crippen LogP contribution in [0.3, 0.4) is 0 Å². The van der Waals surface area contributed by atoms with E-state index in [0.29, 0.717) is 17.5 Å². The molecule has 0 spiro atoms. The summed E-state index contributed by atoms with van der Waals surface area (Å²) in [6.45, 7) is 8.52. The van der Waals surface area contributed by atoms with Crippen LogP contribution in [-0.4, -0.2) is 24.5 Å². The Morgan fingerprint density at radius 3 is 1.16 bits per heavy atom. The van der Waals surface area contributed by atoms with Gasteiger partial charge in [0.1, 0.15) is 0 Å². The second-order valence-electron chi connectivity index (χ2n) is 17.1. The number of anilines is 6. The van der Waals surface area contributed by atoms with Gasteiger partial charge in [0.2, 0.25) is 0 Å². The smallest absolute Gasteiger partial charge is 0.164 e. The van der Waals surface area contributed by atoms with Crippen LogP contribution in [0.5, 0.6) is 0 Å². The van der Waals surface area contributed by atoms with E-state index in [0.717, 1.165) is 78.4 Å². The minimum absolute atomic E-state index is 0.547. The molecule has 67 heavy (non-hydrogen) atoms. The SMILES string of the molecule is Cc1ccc(N(c2ccc(C)cc2)c2cc(-c3nc(-c4ccccc4)nc(-c4ccccc4)n3)cc(N(c3ccc(C)cc3)c3ccc(C)cc3)c2-n2c3ccccc3c3ncccc32)cc1. The number of para-hydroxylation sites is 1. The number of aromatic nitrogens is 5. The van der Waals surface area contributed by atoms with Crippen LogP contribution in [0.25, 0.3) is 61.8 Å². The highest BCUT2D eigenvalue weighted by molar-refractivity contribution is 6.09. The van der Waals surface area contributed by atoms with Gasteiger partial charge in [0.15, 0.2) is 17.5 Å². The summed E-state index contributed by atoms with van der Waals surface area (Å²) in [7, 11) is 0. The Labute approximate surface area is 391 Å². The molecule has 0 aliphatic carbocycles. The molecule has 322 valence electrons. The standard InChI is InChI=1S/C60H47N7/c1-40-21-29-47(30-22-40)65(48-31-23-41(2)24-32-48)54-38-46(60-63-58(44-14-7-5-8-15-44)62-59(64-60)45-16-9-6-10-17-45)39-55(66(49-33-25-42(3)26-34-49)50-35-27-43(4)28-36-50)57(54)67-52-19-12-11-18-51(52)56-53(67)20-13-37-61-56/h5-39H,1-4H3. The van der Waals surface area contributed by atoms with Crippen LogP contribution >= 0.6 is 0 Å². The maximum Gasteiger partial charge on any atom is 0.164 e. The number of aryl methyl sites for hydroxylation is 4. The number of rotatable bonds is 10. The maximum atomic E-state index is 5.35. The largest absolute Gasteiger partial charge is 0.308 e. The first-order valence-electron chi connectivity index (χ1n) is 22.6. The molecule has 11 rings (SSSR count). The lowest BCUT2D eigenvalue weighted by atomic mass is 10.0. The molecule has 0 aliphatic rings. The molecular formula is C60H47N7. The highest BCUT2D eigenvalue weighted by atomic mass is 15.2. The van der Waals surface area contributed by atoms with Crippen LogP contribution in [0, 0.1) is 27.7 Å². The van der Waals surface area contributed by atoms with E-state index >= 15 is 0 Å². The van der Waals surface area contributed by atoms with Crippen molar-refractivity contribution in [1.29, 1.82) is 0 Å². The van der Waals surface area contributed by atoms with Gasteiger partial charge in [-0.05, 0) is 107 Å². The van der Waals surface area contributed by atoms with Gasteiger partial charge in [-0.3, -0.25) is 4.98 Å². The fraction of sp³-hybridized carbons (Fsp3) is 0.0667. The van der Waals surface area contributed by atoms with Gasteiger partial charge in [0, 0.05) is 51.0 Å². The molecular weight excluding hydrogens is 819 g/mol. The van der Waals surface area contributed by atoms with Gasteiger partial charge in [-0.15, -0.1) is 0 Å². The topological polar surface area (TPSA) is 63.0 Å². The van der Waals surface area contributed by atoms with Crippen molar-refractivity contribution in [3.8, 4) is 39.9 Å². The molecule has 0 amide bonds. The Morgan fingerprint density at radius 2 is 0.731 bits per heavy atom. The third-order valence-electron chi connectivity index (χ3n) is 12.3. The molecule has 0 bridgehead atoms. The fourth-order valence-corrected chi connectivity index (χ4v) is 8.90. The number of nitrogens with zero attached hydrogens (tertiary/aromatic N) is 7. The Morgan fingerprint density at radius 1 is 0.358 bits per heavy atom. The number of fused-ring (bicyclic) bond motifs is 3. The van der Waals surface area contributed by atoms with Gasteiger partial charge in [0.25, 0.3) is 0 Å². The number of hydrogen-bond donors (Lipinski definition) is 0. The minimum atomic E-state index is 0.547. The molecule has 0 atom stereocenters. The van der Waals surface area contributed by atoms with Crippen molar-refractivity contribution >= 4 is 56.1 Å². The molecule has 0 saturated carbocycles. The highest BCUT2D eigenvalue weighted by Crippen LogP contribution is 2.50. The van der Waals surface area contributed by atoms with E-state index in [9.17, 15) is 0 Å². The van der Waals surface area contributed by atoms with E-state index in [-0.39, 0.29) is 0 Å². The van der Waals surface area contributed by atoms with Crippen LogP contribution < -0.4 is 9.80 Å². The van der Waals surface area contributed by atoms with Crippen molar-refractivity contribution in [3.05, 3.63) is 235 Å². The molecule has 3 heterocycles. The van der Waals surface area contributed by atoms with E-state index in [4.69, 9.17) is 19.9 Å². The second-order valence-corrected chi connectivity index (χ2v) is 17.1. The highest BCUT2D eigenvalue weighted by Gasteiger charge is 2.29. The average Bonchev–Trinajstić information content (AvgIpc) is 3.70. The Bertz CT molecular complexity index is 3210. The van der Waals surface area contributed by atoms with Crippen molar-refractivity contribution in [2.75, 3.05) is 9.80 Å². The summed E-state index contributed by atoms with van der Waals surface area (Å²) in [5, 5.41) is 1.06. The van der Waals surface area contributed by atoms with E-state index in [1.54, 1.807) is 0 Å². The predicted octanol–water partition coefficient (Wildman–Crippen LogP) is 15.5. The van der Waals surface area contributed by atoms with E-state index in [1.165, 1.54) is 22.3 Å². The number of pyridine rings is 1. The minimum Gasteiger partial charge on any atom is -0.308 e.